The zero-order valence-corrected chi connectivity index (χ0v) is 11.9. The van der Waals surface area contributed by atoms with Gasteiger partial charge in [-0.25, -0.2) is 4.79 Å². The van der Waals surface area contributed by atoms with Crippen LogP contribution in [0.4, 0.5) is 16.2 Å². The van der Waals surface area contributed by atoms with E-state index in [0.717, 1.165) is 25.2 Å². The van der Waals surface area contributed by atoms with E-state index in [9.17, 15) is 4.79 Å². The van der Waals surface area contributed by atoms with Crippen molar-refractivity contribution < 1.29 is 4.79 Å². The third kappa shape index (κ3) is 2.84. The van der Waals surface area contributed by atoms with Crippen molar-refractivity contribution in [2.24, 2.45) is 0 Å². The van der Waals surface area contributed by atoms with E-state index in [0.29, 0.717) is 12.2 Å². The van der Waals surface area contributed by atoms with Crippen molar-refractivity contribution in [1.82, 2.24) is 4.90 Å². The summed E-state index contributed by atoms with van der Waals surface area (Å²) in [6.45, 7) is 2.19. The topological polar surface area (TPSA) is 49.6 Å². The molecule has 1 heterocycles. The van der Waals surface area contributed by atoms with Gasteiger partial charge in [-0.05, 0) is 24.1 Å². The van der Waals surface area contributed by atoms with Crippen LogP contribution in [0.2, 0.25) is 0 Å². The third-order valence-corrected chi connectivity index (χ3v) is 3.84. The normalized spacial score (nSPS) is 14.8. The summed E-state index contributed by atoms with van der Waals surface area (Å²) in [5.41, 5.74) is 8.67. The monoisotopic (exact) mass is 281 g/mol. The lowest BCUT2D eigenvalue weighted by Gasteiger charge is -2.20. The predicted octanol–water partition coefficient (Wildman–Crippen LogP) is 2.75. The van der Waals surface area contributed by atoms with Gasteiger partial charge in [-0.1, -0.05) is 42.5 Å². The van der Waals surface area contributed by atoms with E-state index in [4.69, 9.17) is 5.73 Å². The van der Waals surface area contributed by atoms with Gasteiger partial charge >= 0.3 is 6.03 Å². The molecule has 0 saturated carbocycles. The van der Waals surface area contributed by atoms with Crippen LogP contribution in [0.1, 0.15) is 5.56 Å². The van der Waals surface area contributed by atoms with E-state index in [1.54, 1.807) is 4.90 Å². The van der Waals surface area contributed by atoms with Gasteiger partial charge in [0.05, 0.1) is 11.4 Å². The molecule has 0 atom stereocenters. The van der Waals surface area contributed by atoms with Gasteiger partial charge in [-0.15, -0.1) is 0 Å². The molecule has 108 valence electrons. The van der Waals surface area contributed by atoms with E-state index >= 15 is 0 Å². The van der Waals surface area contributed by atoms with Crippen molar-refractivity contribution in [2.45, 2.75) is 6.42 Å². The molecule has 0 spiro atoms. The van der Waals surface area contributed by atoms with Crippen molar-refractivity contribution in [2.75, 3.05) is 30.3 Å². The maximum Gasteiger partial charge on any atom is 0.324 e. The first-order chi connectivity index (χ1) is 10.3. The second-order valence-electron chi connectivity index (χ2n) is 5.22. The first-order valence-electron chi connectivity index (χ1n) is 7.20. The Hall–Kier alpha value is -2.49. The molecule has 2 aromatic carbocycles. The zero-order chi connectivity index (χ0) is 14.7. The van der Waals surface area contributed by atoms with Gasteiger partial charge in [0.2, 0.25) is 0 Å². The number of para-hydroxylation sites is 2. The molecule has 4 nitrogen and oxygen atoms in total. The highest BCUT2D eigenvalue weighted by Crippen LogP contribution is 2.26. The number of carbonyl (C=O) groups is 1. The third-order valence-electron chi connectivity index (χ3n) is 3.84. The van der Waals surface area contributed by atoms with Crippen molar-refractivity contribution >= 4 is 17.4 Å². The summed E-state index contributed by atoms with van der Waals surface area (Å²) in [7, 11) is 0. The molecule has 1 fully saturated rings. The number of nitrogens with two attached hydrogens (primary N) is 1. The Balaban J connectivity index is 1.65. The average Bonchev–Trinajstić information content (AvgIpc) is 2.88. The van der Waals surface area contributed by atoms with Crippen LogP contribution in [0.15, 0.2) is 54.6 Å². The van der Waals surface area contributed by atoms with E-state index in [1.807, 2.05) is 47.4 Å². The maximum absolute atomic E-state index is 12.5. The zero-order valence-electron chi connectivity index (χ0n) is 11.9. The number of hydrogen-bond donors (Lipinski definition) is 1. The van der Waals surface area contributed by atoms with Gasteiger partial charge in [0.1, 0.15) is 0 Å². The maximum atomic E-state index is 12.5. The molecular formula is C17H19N3O. The summed E-state index contributed by atoms with van der Waals surface area (Å²) in [5, 5.41) is 0. The number of amides is 2. The molecule has 2 aromatic rings. The van der Waals surface area contributed by atoms with Gasteiger partial charge in [0.15, 0.2) is 0 Å². The SMILES string of the molecule is Nc1ccccc1N1CCN(CCc2ccccc2)C1=O. The fourth-order valence-electron chi connectivity index (χ4n) is 2.66. The molecular weight excluding hydrogens is 262 g/mol. The number of hydrogen-bond acceptors (Lipinski definition) is 2. The number of carbonyl (C=O) groups excluding carboxylic acids is 1. The molecule has 0 radical (unpaired) electrons. The quantitative estimate of drug-likeness (QED) is 0.876. The van der Waals surface area contributed by atoms with Crippen molar-refractivity contribution in [3.8, 4) is 0 Å². The molecule has 0 aromatic heterocycles. The molecule has 21 heavy (non-hydrogen) atoms. The largest absolute Gasteiger partial charge is 0.397 e. The highest BCUT2D eigenvalue weighted by atomic mass is 16.2. The van der Waals surface area contributed by atoms with E-state index in [2.05, 4.69) is 12.1 Å². The summed E-state index contributed by atoms with van der Waals surface area (Å²) in [6.07, 6.45) is 0.880. The van der Waals surface area contributed by atoms with Crippen LogP contribution in [0.3, 0.4) is 0 Å². The molecule has 0 aliphatic carbocycles. The molecule has 0 bridgehead atoms. The van der Waals surface area contributed by atoms with Crippen LogP contribution in [0.5, 0.6) is 0 Å². The standard InChI is InChI=1S/C17H19N3O/c18-15-8-4-5-9-16(15)20-13-12-19(17(20)21)11-10-14-6-2-1-3-7-14/h1-9H,10-13,18H2. The fraction of sp³-hybridized carbons (Fsp3) is 0.235. The predicted molar refractivity (Wildman–Crippen MR) is 85.3 cm³/mol. The minimum absolute atomic E-state index is 0.0452. The van der Waals surface area contributed by atoms with Gasteiger partial charge in [-0.3, -0.25) is 4.90 Å². The number of benzene rings is 2. The molecule has 4 heteroatoms. The van der Waals surface area contributed by atoms with Crippen LogP contribution in [-0.4, -0.2) is 30.6 Å². The summed E-state index contributed by atoms with van der Waals surface area (Å²) in [4.78, 5) is 16.1. The Morgan fingerprint density at radius 2 is 1.67 bits per heavy atom. The Labute approximate surface area is 124 Å². The summed E-state index contributed by atoms with van der Waals surface area (Å²) >= 11 is 0. The lowest BCUT2D eigenvalue weighted by Crippen LogP contribution is -2.33. The minimum Gasteiger partial charge on any atom is -0.397 e. The first kappa shape index (κ1) is 13.5. The first-order valence-corrected chi connectivity index (χ1v) is 7.20. The van der Waals surface area contributed by atoms with E-state index in [1.165, 1.54) is 5.56 Å². The second kappa shape index (κ2) is 5.87. The lowest BCUT2D eigenvalue weighted by molar-refractivity contribution is 0.221. The lowest BCUT2D eigenvalue weighted by atomic mass is 10.1. The number of urea groups is 1. The summed E-state index contributed by atoms with van der Waals surface area (Å²) in [5.74, 6) is 0. The van der Waals surface area contributed by atoms with Crippen LogP contribution >= 0.6 is 0 Å². The fourth-order valence-corrected chi connectivity index (χ4v) is 2.66. The highest BCUT2D eigenvalue weighted by Gasteiger charge is 2.29. The Kier molecular flexibility index (Phi) is 3.77. The molecule has 2 amide bonds. The van der Waals surface area contributed by atoms with Crippen molar-refractivity contribution in [1.29, 1.82) is 0 Å². The van der Waals surface area contributed by atoms with Crippen LogP contribution in [0.25, 0.3) is 0 Å². The molecule has 3 rings (SSSR count). The van der Waals surface area contributed by atoms with Gasteiger partial charge in [-0.2, -0.15) is 0 Å². The number of anilines is 2. The van der Waals surface area contributed by atoms with Crippen LogP contribution < -0.4 is 10.6 Å². The van der Waals surface area contributed by atoms with Crippen molar-refractivity contribution in [3.63, 3.8) is 0 Å². The molecule has 1 saturated heterocycles. The summed E-state index contributed by atoms with van der Waals surface area (Å²) < 4.78 is 0. The number of nitrogens with zero attached hydrogens (tertiary/aromatic N) is 2. The Morgan fingerprint density at radius 3 is 2.43 bits per heavy atom. The molecule has 1 aliphatic rings. The second-order valence-corrected chi connectivity index (χ2v) is 5.22. The smallest absolute Gasteiger partial charge is 0.324 e. The van der Waals surface area contributed by atoms with E-state index < -0.39 is 0 Å². The molecule has 0 unspecified atom stereocenters. The highest BCUT2D eigenvalue weighted by molar-refractivity contribution is 5.97. The average molecular weight is 281 g/mol. The number of nitrogen functional groups attached to an aromatic ring is 1. The van der Waals surface area contributed by atoms with Gasteiger partial charge < -0.3 is 10.6 Å². The molecule has 1 aliphatic heterocycles. The van der Waals surface area contributed by atoms with Crippen molar-refractivity contribution in [3.05, 3.63) is 60.2 Å². The summed E-state index contributed by atoms with van der Waals surface area (Å²) in [6, 6.07) is 17.8. The molecule has 2 N–H and O–H groups in total. The number of rotatable bonds is 4. The van der Waals surface area contributed by atoms with Crippen LogP contribution in [-0.2, 0) is 6.42 Å². The van der Waals surface area contributed by atoms with E-state index in [-0.39, 0.29) is 6.03 Å². The van der Waals surface area contributed by atoms with Gasteiger partial charge in [0.25, 0.3) is 0 Å². The van der Waals surface area contributed by atoms with Gasteiger partial charge in [0, 0.05) is 19.6 Å². The van der Waals surface area contributed by atoms with Crippen LogP contribution in [0, 0.1) is 0 Å². The Bertz CT molecular complexity index is 627. The Morgan fingerprint density at radius 1 is 0.952 bits per heavy atom. The minimum atomic E-state index is 0.0452.